The average molecular weight is 132 g/mol. The van der Waals surface area contributed by atoms with Gasteiger partial charge in [-0.25, -0.2) is 0 Å². The summed E-state index contributed by atoms with van der Waals surface area (Å²) in [6.45, 7) is 6.00. The molecule has 4 heavy (non-hydrogen) atoms. The summed E-state index contributed by atoms with van der Waals surface area (Å²) >= 11 is 0. The molecule has 0 aromatic carbocycles. The molecule has 0 N–H and O–H groups in total. The Bertz CT molecular complexity index is 3.25. The molecule has 0 saturated heterocycles. The van der Waals surface area contributed by atoms with Gasteiger partial charge in [-0.05, 0) is 0 Å². The summed E-state index contributed by atoms with van der Waals surface area (Å²) in [5, 5.41) is 0. The van der Waals surface area contributed by atoms with Gasteiger partial charge in [0.15, 0.2) is 0 Å². The first-order valence-electron chi connectivity index (χ1n) is 0.500. The third kappa shape index (κ3) is 12.2. The molecule has 0 bridgehead atoms. The molecule has 0 fully saturated rings. The molecule has 1 heteroatoms. The predicted molar refractivity (Wildman–Crippen MR) is 17.1 cm³/mol. The van der Waals surface area contributed by atoms with Crippen molar-refractivity contribution in [1.29, 1.82) is 0 Å². The van der Waals surface area contributed by atoms with E-state index in [1.54, 1.807) is 0 Å². The van der Waals surface area contributed by atoms with Crippen LogP contribution in [0.25, 0.3) is 0 Å². The van der Waals surface area contributed by atoms with Crippen molar-refractivity contribution >= 4 is 0 Å². The molecule has 0 saturated carbocycles. The molecular weight excluding hydrogens is 125 g/mol. The van der Waals surface area contributed by atoms with E-state index in [9.17, 15) is 0 Å². The van der Waals surface area contributed by atoms with Crippen molar-refractivity contribution in [1.82, 2.24) is 0 Å². The summed E-state index contributed by atoms with van der Waals surface area (Å²) in [4.78, 5) is 0. The van der Waals surface area contributed by atoms with Crippen LogP contribution in [0.1, 0.15) is 0 Å². The van der Waals surface area contributed by atoms with Crippen LogP contribution >= 0.6 is 0 Å². The molecule has 0 aliphatic rings. The zero-order valence-corrected chi connectivity index (χ0v) is 5.83. The monoisotopic (exact) mass is 132 g/mol. The predicted octanol–water partition coefficient (Wildman–Crippen LogP) is 1.10. The van der Waals surface area contributed by atoms with Gasteiger partial charge in [0.05, 0.1) is 0 Å². The fraction of sp³-hybridized carbons (Fsp3) is 0. The van der Waals surface area contributed by atoms with Crippen molar-refractivity contribution in [2.24, 2.45) is 0 Å². The summed E-state index contributed by atoms with van der Waals surface area (Å²) in [7, 11) is 0. The Kier molecular flexibility index (Phi) is 187. The minimum Gasteiger partial charge on any atom is -0.358 e. The van der Waals surface area contributed by atoms with E-state index in [-0.39, 0.29) is 40.1 Å². The second kappa shape index (κ2) is 37.1. The maximum atomic E-state index is 3.00. The molecule has 0 rings (SSSR count). The van der Waals surface area contributed by atoms with Crippen LogP contribution in [0.5, 0.6) is 0 Å². The molecule has 0 unspecified atom stereocenters. The first-order valence-corrected chi connectivity index (χ1v) is 0.500. The summed E-state index contributed by atoms with van der Waals surface area (Å²) in [6, 6.07) is 0. The fourth-order valence-corrected chi connectivity index (χ4v) is 0. The van der Waals surface area contributed by atoms with Crippen molar-refractivity contribution < 1.29 is 32.7 Å². The smallest absolute Gasteiger partial charge is 0 e. The molecule has 23 valence electrons. The van der Waals surface area contributed by atoms with Crippen molar-refractivity contribution in [3.8, 4) is 0 Å². The SMILES string of the molecule is [CH2+][CH2-].[CH3-].[Y]. The quantitative estimate of drug-likeness (QED) is 0.433. The molecule has 0 aliphatic heterocycles. The number of hydrogen-bond donors (Lipinski definition) is 0. The first-order chi connectivity index (χ1) is 1.00. The Hall–Kier alpha value is 0.974. The van der Waals surface area contributed by atoms with Crippen LogP contribution in [0.15, 0.2) is 0 Å². The van der Waals surface area contributed by atoms with E-state index in [1.807, 2.05) is 0 Å². The number of rotatable bonds is 0. The van der Waals surface area contributed by atoms with E-state index >= 15 is 0 Å². The third-order valence-corrected chi connectivity index (χ3v) is 0. The van der Waals surface area contributed by atoms with Crippen LogP contribution in [-0.4, -0.2) is 0 Å². The van der Waals surface area contributed by atoms with Gasteiger partial charge in [-0.2, -0.15) is 6.92 Å². The van der Waals surface area contributed by atoms with Gasteiger partial charge in [-0.3, -0.25) is 0 Å². The fourth-order valence-electron chi connectivity index (χ4n) is 0. The molecule has 0 amide bonds. The van der Waals surface area contributed by atoms with Gasteiger partial charge in [0, 0.05) is 32.7 Å². The normalized spacial score (nSPS) is 1.25. The van der Waals surface area contributed by atoms with Crippen LogP contribution < -0.4 is 0 Å². The molecule has 0 spiro atoms. The number of hydrogen-bond acceptors (Lipinski definition) is 0. The van der Waals surface area contributed by atoms with Crippen LogP contribution in [-0.2, 0) is 32.7 Å². The standard InChI is InChI=1S/C2H4.CH3.Y/c1-2;;/h1-2H2;1H3;/q;-1;. The van der Waals surface area contributed by atoms with Gasteiger partial charge in [-0.1, -0.05) is 6.92 Å². The second-order valence-corrected chi connectivity index (χ2v) is 0. The van der Waals surface area contributed by atoms with Gasteiger partial charge < -0.3 is 7.43 Å². The molecule has 0 nitrogen and oxygen atoms in total. The van der Waals surface area contributed by atoms with Crippen LogP contribution in [0.2, 0.25) is 0 Å². The summed E-state index contributed by atoms with van der Waals surface area (Å²) in [5.74, 6) is 0. The van der Waals surface area contributed by atoms with E-state index < -0.39 is 0 Å². The largest absolute Gasteiger partial charge is 0.358 e. The van der Waals surface area contributed by atoms with Crippen molar-refractivity contribution in [2.75, 3.05) is 0 Å². The zero-order valence-electron chi connectivity index (χ0n) is 2.99. The van der Waals surface area contributed by atoms with Crippen LogP contribution in [0, 0.1) is 21.3 Å². The molecule has 0 aromatic heterocycles. The van der Waals surface area contributed by atoms with E-state index in [4.69, 9.17) is 0 Å². The van der Waals surface area contributed by atoms with E-state index in [1.165, 1.54) is 0 Å². The zero-order chi connectivity index (χ0) is 2.00. The Morgan fingerprint density at radius 3 is 1.25 bits per heavy atom. The van der Waals surface area contributed by atoms with Gasteiger partial charge in [-0.15, -0.1) is 0 Å². The van der Waals surface area contributed by atoms with Crippen molar-refractivity contribution in [3.63, 3.8) is 0 Å². The molecular formula is C3H7Y-. The molecule has 0 heterocycles. The molecule has 0 aromatic rings. The second-order valence-electron chi connectivity index (χ2n) is 0. The Morgan fingerprint density at radius 1 is 1.25 bits per heavy atom. The van der Waals surface area contributed by atoms with E-state index in [2.05, 4.69) is 13.8 Å². The summed E-state index contributed by atoms with van der Waals surface area (Å²) in [6.07, 6.45) is 0. The van der Waals surface area contributed by atoms with E-state index in [0.717, 1.165) is 0 Å². The van der Waals surface area contributed by atoms with E-state index in [0.29, 0.717) is 0 Å². The Labute approximate surface area is 53.9 Å². The Morgan fingerprint density at radius 2 is 1.25 bits per heavy atom. The minimum atomic E-state index is 0. The minimum absolute atomic E-state index is 0. The Balaban J connectivity index is -0.00000000500. The molecule has 0 aliphatic carbocycles. The van der Waals surface area contributed by atoms with Gasteiger partial charge >= 0.3 is 0 Å². The third-order valence-electron chi connectivity index (χ3n) is 0. The van der Waals surface area contributed by atoms with Gasteiger partial charge in [0.25, 0.3) is 0 Å². The average Bonchev–Trinajstić information content (AvgIpc) is 1.00. The summed E-state index contributed by atoms with van der Waals surface area (Å²) in [5.41, 5.74) is 0. The topological polar surface area (TPSA) is 0 Å². The van der Waals surface area contributed by atoms with Crippen molar-refractivity contribution in [2.45, 2.75) is 0 Å². The van der Waals surface area contributed by atoms with Crippen LogP contribution in [0.3, 0.4) is 0 Å². The van der Waals surface area contributed by atoms with Crippen LogP contribution in [0.4, 0.5) is 0 Å². The van der Waals surface area contributed by atoms with Gasteiger partial charge in [0.1, 0.15) is 0 Å². The van der Waals surface area contributed by atoms with Crippen molar-refractivity contribution in [3.05, 3.63) is 21.3 Å². The first kappa shape index (κ1) is 20.2. The maximum Gasteiger partial charge on any atom is 0 e. The molecule has 0 atom stereocenters. The maximum absolute atomic E-state index is 3.00. The summed E-state index contributed by atoms with van der Waals surface area (Å²) < 4.78 is 0. The molecule has 1 radical (unpaired) electrons. The van der Waals surface area contributed by atoms with Gasteiger partial charge in [0.2, 0.25) is 0 Å².